The number of halogens is 1. The zero-order valence-corrected chi connectivity index (χ0v) is 9.92. The molecule has 0 bridgehead atoms. The van der Waals surface area contributed by atoms with Crippen LogP contribution in [-0.2, 0) is 9.53 Å². The number of rotatable bonds is 4. The highest BCUT2D eigenvalue weighted by Crippen LogP contribution is 2.11. The van der Waals surface area contributed by atoms with Crippen LogP contribution >= 0.6 is 15.9 Å². The van der Waals surface area contributed by atoms with E-state index in [1.54, 1.807) is 0 Å². The molecule has 0 amide bonds. The average Bonchev–Trinajstić information content (AvgIpc) is 2.26. The van der Waals surface area contributed by atoms with Crippen molar-refractivity contribution in [3.63, 3.8) is 0 Å². The van der Waals surface area contributed by atoms with Crippen molar-refractivity contribution in [2.75, 3.05) is 13.7 Å². The van der Waals surface area contributed by atoms with Crippen LogP contribution in [0.25, 0.3) is 0 Å². The molecule has 0 fully saturated rings. The highest BCUT2D eigenvalue weighted by atomic mass is 79.9. The molecule has 80 valence electrons. The maximum absolute atomic E-state index is 11.1. The molecule has 4 heteroatoms. The van der Waals surface area contributed by atoms with E-state index >= 15 is 0 Å². The topological polar surface area (TPSA) is 38.3 Å². The van der Waals surface area contributed by atoms with Crippen LogP contribution in [0.4, 0.5) is 0 Å². The molecule has 0 radical (unpaired) electrons. The molecule has 0 heterocycles. The van der Waals surface area contributed by atoms with E-state index in [-0.39, 0.29) is 10.8 Å². The van der Waals surface area contributed by atoms with Gasteiger partial charge in [-0.15, -0.1) is 0 Å². The summed E-state index contributed by atoms with van der Waals surface area (Å²) in [6, 6.07) is 0.504. The van der Waals surface area contributed by atoms with Crippen LogP contribution in [0.5, 0.6) is 0 Å². The summed E-state index contributed by atoms with van der Waals surface area (Å²) in [5.74, 6) is -0.219. The maximum atomic E-state index is 11.1. The van der Waals surface area contributed by atoms with Gasteiger partial charge in [0.1, 0.15) is 4.83 Å². The van der Waals surface area contributed by atoms with E-state index in [0.29, 0.717) is 12.6 Å². The van der Waals surface area contributed by atoms with Crippen LogP contribution < -0.4 is 5.32 Å². The first kappa shape index (κ1) is 11.7. The van der Waals surface area contributed by atoms with Crippen molar-refractivity contribution in [2.24, 2.45) is 0 Å². The number of alkyl halides is 1. The number of hydrogen-bond donors (Lipinski definition) is 1. The van der Waals surface area contributed by atoms with E-state index in [1.165, 1.54) is 7.11 Å². The van der Waals surface area contributed by atoms with Gasteiger partial charge < -0.3 is 10.1 Å². The van der Waals surface area contributed by atoms with Crippen LogP contribution in [0.1, 0.15) is 19.3 Å². The number of allylic oxidation sites excluding steroid dienone is 1. The Kier molecular flexibility index (Phi) is 5.19. The number of carbonyl (C=O) groups is 1. The fourth-order valence-electron chi connectivity index (χ4n) is 1.46. The first-order chi connectivity index (χ1) is 6.74. The molecule has 1 rings (SSSR count). The van der Waals surface area contributed by atoms with Crippen LogP contribution in [0.2, 0.25) is 0 Å². The molecular weight excluding hydrogens is 246 g/mol. The molecule has 2 atom stereocenters. The summed E-state index contributed by atoms with van der Waals surface area (Å²) in [7, 11) is 1.40. The van der Waals surface area contributed by atoms with Crippen molar-refractivity contribution in [2.45, 2.75) is 30.1 Å². The molecule has 2 unspecified atom stereocenters. The zero-order chi connectivity index (χ0) is 10.4. The summed E-state index contributed by atoms with van der Waals surface area (Å²) in [5, 5.41) is 3.34. The van der Waals surface area contributed by atoms with Crippen LogP contribution in [-0.4, -0.2) is 30.5 Å². The molecule has 0 saturated carbocycles. The molecule has 14 heavy (non-hydrogen) atoms. The minimum absolute atomic E-state index is 0.219. The highest BCUT2D eigenvalue weighted by Gasteiger charge is 2.17. The Morgan fingerprint density at radius 2 is 2.50 bits per heavy atom. The summed E-state index contributed by atoms with van der Waals surface area (Å²) in [6.45, 7) is 0.630. The van der Waals surface area contributed by atoms with Crippen LogP contribution in [0.3, 0.4) is 0 Å². The highest BCUT2D eigenvalue weighted by molar-refractivity contribution is 9.10. The lowest BCUT2D eigenvalue weighted by molar-refractivity contribution is -0.139. The summed E-state index contributed by atoms with van der Waals surface area (Å²) in [5.41, 5.74) is 0. The second-order valence-electron chi connectivity index (χ2n) is 3.38. The fourth-order valence-corrected chi connectivity index (χ4v) is 1.83. The molecule has 1 N–H and O–H groups in total. The van der Waals surface area contributed by atoms with Crippen molar-refractivity contribution in [3.8, 4) is 0 Å². The van der Waals surface area contributed by atoms with Gasteiger partial charge in [-0.05, 0) is 19.3 Å². The number of carbonyl (C=O) groups excluding carboxylic acids is 1. The molecule has 3 nitrogen and oxygen atoms in total. The van der Waals surface area contributed by atoms with Crippen molar-refractivity contribution in [1.29, 1.82) is 0 Å². The smallest absolute Gasteiger partial charge is 0.320 e. The molecule has 0 aromatic heterocycles. The van der Waals surface area contributed by atoms with Gasteiger partial charge in [0.15, 0.2) is 0 Å². The molecule has 0 saturated heterocycles. The molecule has 1 aliphatic rings. The summed E-state index contributed by atoms with van der Waals surface area (Å²) >= 11 is 3.28. The van der Waals surface area contributed by atoms with E-state index in [0.717, 1.165) is 19.3 Å². The number of nitrogens with one attached hydrogen (secondary N) is 1. The van der Waals surface area contributed by atoms with Crippen molar-refractivity contribution >= 4 is 21.9 Å². The van der Waals surface area contributed by atoms with Gasteiger partial charge >= 0.3 is 5.97 Å². The van der Waals surface area contributed by atoms with Crippen LogP contribution in [0.15, 0.2) is 12.2 Å². The number of esters is 1. The predicted octanol–water partition coefficient (Wildman–Crippen LogP) is 1.62. The van der Waals surface area contributed by atoms with Gasteiger partial charge in [0.05, 0.1) is 7.11 Å². The van der Waals surface area contributed by atoms with E-state index in [1.807, 2.05) is 0 Å². The van der Waals surface area contributed by atoms with Crippen molar-refractivity contribution in [1.82, 2.24) is 5.32 Å². The van der Waals surface area contributed by atoms with E-state index in [4.69, 9.17) is 0 Å². The first-order valence-electron chi connectivity index (χ1n) is 4.84. The van der Waals surface area contributed by atoms with E-state index in [2.05, 4.69) is 38.1 Å². The monoisotopic (exact) mass is 261 g/mol. The Bertz CT molecular complexity index is 218. The lowest BCUT2D eigenvalue weighted by Crippen LogP contribution is -2.37. The summed E-state index contributed by atoms with van der Waals surface area (Å²) < 4.78 is 4.61. The molecule has 0 aliphatic heterocycles. The van der Waals surface area contributed by atoms with Gasteiger partial charge in [0.2, 0.25) is 0 Å². The van der Waals surface area contributed by atoms with Crippen molar-refractivity contribution < 1.29 is 9.53 Å². The van der Waals surface area contributed by atoms with Gasteiger partial charge in [0.25, 0.3) is 0 Å². The molecule has 1 aliphatic carbocycles. The normalized spacial score (nSPS) is 23.1. The Hall–Kier alpha value is -0.350. The van der Waals surface area contributed by atoms with Gasteiger partial charge in [-0.3, -0.25) is 4.79 Å². The lowest BCUT2D eigenvalue weighted by atomic mass is 10.0. The lowest BCUT2D eigenvalue weighted by Gasteiger charge is -2.20. The Balaban J connectivity index is 2.19. The average molecular weight is 262 g/mol. The third kappa shape index (κ3) is 3.80. The fraction of sp³-hybridized carbons (Fsp3) is 0.700. The Morgan fingerprint density at radius 1 is 1.71 bits per heavy atom. The number of methoxy groups -OCH3 is 1. The van der Waals surface area contributed by atoms with Gasteiger partial charge in [-0.25, -0.2) is 0 Å². The van der Waals surface area contributed by atoms with E-state index < -0.39 is 0 Å². The molecular formula is C10H16BrNO2. The second-order valence-corrected chi connectivity index (χ2v) is 4.49. The van der Waals surface area contributed by atoms with Gasteiger partial charge in [-0.2, -0.15) is 0 Å². The number of ether oxygens (including phenoxy) is 1. The van der Waals surface area contributed by atoms with Gasteiger partial charge in [-0.1, -0.05) is 28.1 Å². The minimum atomic E-state index is -0.238. The molecule has 0 aromatic carbocycles. The number of hydrogen-bond acceptors (Lipinski definition) is 3. The third-order valence-corrected chi connectivity index (χ3v) is 3.01. The molecule has 0 aromatic rings. The summed E-state index contributed by atoms with van der Waals surface area (Å²) in [4.78, 5) is 10.8. The Labute approximate surface area is 93.0 Å². The molecule has 0 spiro atoms. The third-order valence-electron chi connectivity index (χ3n) is 2.31. The maximum Gasteiger partial charge on any atom is 0.320 e. The minimum Gasteiger partial charge on any atom is -0.468 e. The summed E-state index contributed by atoms with van der Waals surface area (Å²) in [6.07, 6.45) is 7.72. The SMILES string of the molecule is COC(=O)C(Br)CNC1CC=CCC1. The predicted molar refractivity (Wildman–Crippen MR) is 59.5 cm³/mol. The van der Waals surface area contributed by atoms with Gasteiger partial charge in [0, 0.05) is 12.6 Å². The standard InChI is InChI=1S/C10H16BrNO2/c1-14-10(13)9(11)7-12-8-5-3-2-4-6-8/h2-3,8-9,12H,4-7H2,1H3. The quantitative estimate of drug-likeness (QED) is 0.475. The van der Waals surface area contributed by atoms with Crippen molar-refractivity contribution in [3.05, 3.63) is 12.2 Å². The Morgan fingerprint density at radius 3 is 3.07 bits per heavy atom. The van der Waals surface area contributed by atoms with E-state index in [9.17, 15) is 4.79 Å². The zero-order valence-electron chi connectivity index (χ0n) is 8.33. The largest absolute Gasteiger partial charge is 0.468 e. The first-order valence-corrected chi connectivity index (χ1v) is 5.76. The second kappa shape index (κ2) is 6.19. The van der Waals surface area contributed by atoms with Crippen LogP contribution in [0, 0.1) is 0 Å².